The highest BCUT2D eigenvalue weighted by molar-refractivity contribution is 5.94. The van der Waals surface area contributed by atoms with Crippen LogP contribution >= 0.6 is 0 Å². The van der Waals surface area contributed by atoms with Crippen molar-refractivity contribution in [1.29, 1.82) is 0 Å². The number of carbonyl (C=O) groups is 2. The van der Waals surface area contributed by atoms with Gasteiger partial charge in [0.1, 0.15) is 0 Å². The van der Waals surface area contributed by atoms with Crippen LogP contribution in [0.4, 0.5) is 0 Å². The Labute approximate surface area is 103 Å². The minimum atomic E-state index is -0.372. The Morgan fingerprint density at radius 1 is 1.18 bits per heavy atom. The Bertz CT molecular complexity index is 281. The first-order chi connectivity index (χ1) is 8.24. The lowest BCUT2D eigenvalue weighted by atomic mass is 10.0. The third kappa shape index (κ3) is 5.66. The van der Waals surface area contributed by atoms with Crippen molar-refractivity contribution < 1.29 is 14.3 Å². The summed E-state index contributed by atoms with van der Waals surface area (Å²) >= 11 is 0. The van der Waals surface area contributed by atoms with Crippen LogP contribution in [0.3, 0.4) is 0 Å². The highest BCUT2D eigenvalue weighted by Gasteiger charge is 2.32. The fourth-order valence-corrected chi connectivity index (χ4v) is 1.96. The molecule has 3 nitrogen and oxygen atoms in total. The van der Waals surface area contributed by atoms with E-state index in [9.17, 15) is 9.59 Å². The number of hydrogen-bond donors (Lipinski definition) is 0. The lowest BCUT2D eigenvalue weighted by Crippen LogP contribution is -2.06. The Morgan fingerprint density at radius 2 is 1.94 bits per heavy atom. The van der Waals surface area contributed by atoms with Crippen LogP contribution in [-0.2, 0) is 14.3 Å². The molecule has 1 atom stereocenters. The highest BCUT2D eigenvalue weighted by atomic mass is 16.6. The van der Waals surface area contributed by atoms with E-state index < -0.39 is 0 Å². The van der Waals surface area contributed by atoms with Crippen molar-refractivity contribution in [3.05, 3.63) is 12.2 Å². The van der Waals surface area contributed by atoms with E-state index >= 15 is 0 Å². The molecular weight excluding hydrogens is 216 g/mol. The van der Waals surface area contributed by atoms with E-state index in [1.807, 2.05) is 0 Å². The number of hydrogen-bond acceptors (Lipinski definition) is 3. The number of cyclic esters (lactones) is 2. The third-order valence-corrected chi connectivity index (χ3v) is 3.03. The van der Waals surface area contributed by atoms with Gasteiger partial charge in [-0.05, 0) is 25.7 Å². The molecule has 0 bridgehead atoms. The van der Waals surface area contributed by atoms with Crippen LogP contribution in [-0.4, -0.2) is 11.9 Å². The number of unbranched alkanes of at least 4 members (excludes halogenated alkanes) is 4. The average molecular weight is 238 g/mol. The molecule has 0 spiro atoms. The summed E-state index contributed by atoms with van der Waals surface area (Å²) in [6.07, 6.45) is 12.4. The fraction of sp³-hybridized carbons (Fsp3) is 0.714. The van der Waals surface area contributed by atoms with E-state index in [1.165, 1.54) is 25.7 Å². The van der Waals surface area contributed by atoms with Crippen LogP contribution in [0.15, 0.2) is 12.2 Å². The molecule has 1 unspecified atom stereocenters. The van der Waals surface area contributed by atoms with Crippen molar-refractivity contribution in [2.45, 2.75) is 58.3 Å². The van der Waals surface area contributed by atoms with Gasteiger partial charge in [0.05, 0.1) is 12.3 Å². The van der Waals surface area contributed by atoms with E-state index in [1.54, 1.807) is 0 Å². The third-order valence-electron chi connectivity index (χ3n) is 3.03. The van der Waals surface area contributed by atoms with E-state index in [4.69, 9.17) is 0 Å². The highest BCUT2D eigenvalue weighted by Crippen LogP contribution is 2.21. The van der Waals surface area contributed by atoms with E-state index in [2.05, 4.69) is 23.8 Å². The first-order valence-electron chi connectivity index (χ1n) is 6.63. The van der Waals surface area contributed by atoms with Gasteiger partial charge in [0.2, 0.25) is 0 Å². The van der Waals surface area contributed by atoms with Gasteiger partial charge in [-0.1, -0.05) is 38.3 Å². The van der Waals surface area contributed by atoms with E-state index in [0.717, 1.165) is 19.3 Å². The SMILES string of the molecule is CCCCCC/C=C/CCC1CC(=O)OC1=O. The second-order valence-corrected chi connectivity index (χ2v) is 4.59. The number of carbonyl (C=O) groups excluding carboxylic acids is 2. The molecule has 0 aromatic rings. The van der Waals surface area contributed by atoms with Crippen molar-refractivity contribution in [3.8, 4) is 0 Å². The number of allylic oxidation sites excluding steroid dienone is 2. The van der Waals surface area contributed by atoms with E-state index in [0.29, 0.717) is 0 Å². The van der Waals surface area contributed by atoms with Gasteiger partial charge >= 0.3 is 11.9 Å². The van der Waals surface area contributed by atoms with Gasteiger partial charge in [-0.2, -0.15) is 0 Å². The lowest BCUT2D eigenvalue weighted by molar-refractivity contribution is -0.153. The summed E-state index contributed by atoms with van der Waals surface area (Å²) in [7, 11) is 0. The predicted molar refractivity (Wildman–Crippen MR) is 66.3 cm³/mol. The monoisotopic (exact) mass is 238 g/mol. The van der Waals surface area contributed by atoms with Crippen LogP contribution in [0.1, 0.15) is 58.3 Å². The normalized spacial score (nSPS) is 20.2. The van der Waals surface area contributed by atoms with Gasteiger partial charge in [0.15, 0.2) is 0 Å². The summed E-state index contributed by atoms with van der Waals surface area (Å²) in [4.78, 5) is 22.0. The average Bonchev–Trinajstić information content (AvgIpc) is 2.61. The Balaban J connectivity index is 2.01. The van der Waals surface area contributed by atoms with Crippen LogP contribution in [0.5, 0.6) is 0 Å². The summed E-state index contributed by atoms with van der Waals surface area (Å²) < 4.78 is 4.49. The number of rotatable bonds is 8. The maximum absolute atomic E-state index is 11.2. The van der Waals surface area contributed by atoms with Crippen molar-refractivity contribution in [3.63, 3.8) is 0 Å². The predicted octanol–water partition coefficient (Wildman–Crippen LogP) is 3.38. The molecule has 1 saturated heterocycles. The molecule has 1 rings (SSSR count). The molecule has 3 heteroatoms. The lowest BCUT2D eigenvalue weighted by Gasteiger charge is -2.00. The standard InChI is InChI=1S/C14H22O3/c1-2-3-4-5-6-7-8-9-10-12-11-13(15)17-14(12)16/h7-8,12H,2-6,9-11H2,1H3/b8-7+. The molecule has 0 saturated carbocycles. The molecule has 1 fully saturated rings. The van der Waals surface area contributed by atoms with Crippen LogP contribution < -0.4 is 0 Å². The molecule has 1 aliphatic heterocycles. The molecule has 96 valence electrons. The summed E-state index contributed by atoms with van der Waals surface area (Å²) in [5, 5.41) is 0. The van der Waals surface area contributed by atoms with Crippen molar-refractivity contribution >= 4 is 11.9 Å². The molecule has 0 radical (unpaired) electrons. The minimum absolute atomic E-state index is 0.202. The van der Waals surface area contributed by atoms with Crippen LogP contribution in [0.2, 0.25) is 0 Å². The van der Waals surface area contributed by atoms with Gasteiger partial charge in [-0.3, -0.25) is 9.59 Å². The Morgan fingerprint density at radius 3 is 2.59 bits per heavy atom. The van der Waals surface area contributed by atoms with E-state index in [-0.39, 0.29) is 24.3 Å². The van der Waals surface area contributed by atoms with Crippen molar-refractivity contribution in [1.82, 2.24) is 0 Å². The Kier molecular flexibility index (Phi) is 6.60. The molecule has 1 heterocycles. The summed E-state index contributed by atoms with van der Waals surface area (Å²) in [5.41, 5.74) is 0. The summed E-state index contributed by atoms with van der Waals surface area (Å²) in [5.74, 6) is -0.915. The topological polar surface area (TPSA) is 43.4 Å². The fourth-order valence-electron chi connectivity index (χ4n) is 1.96. The molecule has 0 N–H and O–H groups in total. The molecule has 17 heavy (non-hydrogen) atoms. The number of esters is 2. The minimum Gasteiger partial charge on any atom is -0.393 e. The van der Waals surface area contributed by atoms with Crippen molar-refractivity contribution in [2.24, 2.45) is 5.92 Å². The van der Waals surface area contributed by atoms with Gasteiger partial charge in [-0.25, -0.2) is 0 Å². The zero-order chi connectivity index (χ0) is 12.5. The molecule has 0 amide bonds. The zero-order valence-corrected chi connectivity index (χ0v) is 10.6. The maximum atomic E-state index is 11.2. The molecule has 1 aliphatic rings. The molecule has 0 aromatic carbocycles. The second-order valence-electron chi connectivity index (χ2n) is 4.59. The quantitative estimate of drug-likeness (QED) is 0.282. The zero-order valence-electron chi connectivity index (χ0n) is 10.6. The first-order valence-corrected chi connectivity index (χ1v) is 6.63. The summed E-state index contributed by atoms with van der Waals surface area (Å²) in [6.45, 7) is 2.21. The molecular formula is C14H22O3. The van der Waals surface area contributed by atoms with Gasteiger partial charge in [-0.15, -0.1) is 0 Å². The first kappa shape index (κ1) is 13.9. The Hall–Kier alpha value is -1.12. The maximum Gasteiger partial charge on any atom is 0.317 e. The largest absolute Gasteiger partial charge is 0.393 e. The summed E-state index contributed by atoms with van der Waals surface area (Å²) in [6, 6.07) is 0. The second kappa shape index (κ2) is 8.04. The van der Waals surface area contributed by atoms with Crippen LogP contribution in [0.25, 0.3) is 0 Å². The van der Waals surface area contributed by atoms with Gasteiger partial charge in [0.25, 0.3) is 0 Å². The van der Waals surface area contributed by atoms with Gasteiger partial charge < -0.3 is 4.74 Å². The van der Waals surface area contributed by atoms with Crippen molar-refractivity contribution in [2.75, 3.05) is 0 Å². The number of ether oxygens (including phenoxy) is 1. The molecule has 0 aromatic heterocycles. The van der Waals surface area contributed by atoms with Gasteiger partial charge in [0, 0.05) is 0 Å². The smallest absolute Gasteiger partial charge is 0.317 e. The van der Waals surface area contributed by atoms with Crippen LogP contribution in [0, 0.1) is 5.92 Å². The molecule has 0 aliphatic carbocycles.